The first-order chi connectivity index (χ1) is 6.59. The number of nitrogens with zero attached hydrogens (tertiary/aromatic N) is 1. The van der Waals surface area contributed by atoms with Gasteiger partial charge in [0.2, 0.25) is 0 Å². The number of aryl methyl sites for hydroxylation is 1. The summed E-state index contributed by atoms with van der Waals surface area (Å²) in [5, 5.41) is 0. The van der Waals surface area contributed by atoms with Crippen molar-refractivity contribution < 1.29 is 4.79 Å². The molecule has 1 aliphatic rings. The first kappa shape index (κ1) is 8.94. The zero-order valence-corrected chi connectivity index (χ0v) is 8.20. The van der Waals surface area contributed by atoms with E-state index in [1.807, 2.05) is 6.92 Å². The van der Waals surface area contributed by atoms with Crippen molar-refractivity contribution in [1.82, 2.24) is 4.57 Å². The van der Waals surface area contributed by atoms with E-state index in [4.69, 9.17) is 0 Å². The van der Waals surface area contributed by atoms with E-state index in [9.17, 15) is 9.59 Å². The normalized spacial score (nSPS) is 14.3. The third-order valence-corrected chi connectivity index (χ3v) is 2.59. The molecule has 0 spiro atoms. The quantitative estimate of drug-likeness (QED) is 0.606. The molecule has 0 unspecified atom stereocenters. The van der Waals surface area contributed by atoms with E-state index in [0.717, 1.165) is 16.8 Å². The summed E-state index contributed by atoms with van der Waals surface area (Å²) >= 11 is 0. The van der Waals surface area contributed by atoms with Crippen LogP contribution in [0.25, 0.3) is 6.08 Å². The molecule has 0 aliphatic heterocycles. The van der Waals surface area contributed by atoms with Crippen molar-refractivity contribution >= 4 is 11.9 Å². The molecule has 0 amide bonds. The number of pyridine rings is 1. The number of hydrogen-bond donors (Lipinski definition) is 0. The Morgan fingerprint density at radius 3 is 2.71 bits per heavy atom. The van der Waals surface area contributed by atoms with Gasteiger partial charge in [0.25, 0.3) is 5.56 Å². The minimum absolute atomic E-state index is 0.0515. The minimum Gasteiger partial charge on any atom is -0.315 e. The molecule has 0 aromatic carbocycles. The summed E-state index contributed by atoms with van der Waals surface area (Å²) in [6.07, 6.45) is 3.69. The summed E-state index contributed by atoms with van der Waals surface area (Å²) in [4.78, 5) is 22.6. The molecule has 0 atom stereocenters. The van der Waals surface area contributed by atoms with Crippen LogP contribution in [0, 0.1) is 6.92 Å². The molecule has 14 heavy (non-hydrogen) atoms. The first-order valence-corrected chi connectivity index (χ1v) is 4.50. The Morgan fingerprint density at radius 1 is 1.29 bits per heavy atom. The van der Waals surface area contributed by atoms with Crippen molar-refractivity contribution in [2.75, 3.05) is 0 Å². The molecule has 3 heteroatoms. The topological polar surface area (TPSA) is 39.1 Å². The van der Waals surface area contributed by atoms with Crippen molar-refractivity contribution in [3.63, 3.8) is 0 Å². The van der Waals surface area contributed by atoms with Gasteiger partial charge in [0.1, 0.15) is 0 Å². The Kier molecular flexibility index (Phi) is 1.88. The number of aromatic nitrogens is 1. The fourth-order valence-electron chi connectivity index (χ4n) is 1.74. The Balaban J connectivity index is 2.78. The summed E-state index contributed by atoms with van der Waals surface area (Å²) in [5.41, 5.74) is 2.71. The first-order valence-electron chi connectivity index (χ1n) is 4.50. The smallest absolute Gasteiger partial charge is 0.250 e. The SMILES string of the molecule is Cc1cc(=O)n(C)c2c1C=CC(=O)C2. The van der Waals surface area contributed by atoms with Crippen molar-refractivity contribution in [3.05, 3.63) is 39.3 Å². The van der Waals surface area contributed by atoms with Crippen LogP contribution in [0.1, 0.15) is 16.8 Å². The van der Waals surface area contributed by atoms with Gasteiger partial charge in [0, 0.05) is 18.8 Å². The number of carbonyl (C=O) groups is 1. The molecule has 2 rings (SSSR count). The van der Waals surface area contributed by atoms with E-state index < -0.39 is 0 Å². The average Bonchev–Trinajstić information content (AvgIpc) is 2.14. The van der Waals surface area contributed by atoms with Gasteiger partial charge in [0.15, 0.2) is 5.78 Å². The van der Waals surface area contributed by atoms with Crippen LogP contribution < -0.4 is 5.56 Å². The molecule has 1 heterocycles. The van der Waals surface area contributed by atoms with E-state index in [1.54, 1.807) is 29.8 Å². The van der Waals surface area contributed by atoms with Gasteiger partial charge in [0.05, 0.1) is 6.42 Å². The van der Waals surface area contributed by atoms with Gasteiger partial charge in [-0.05, 0) is 30.2 Å². The highest BCUT2D eigenvalue weighted by atomic mass is 16.1. The lowest BCUT2D eigenvalue weighted by atomic mass is 9.98. The van der Waals surface area contributed by atoms with Crippen LogP contribution in [-0.2, 0) is 18.3 Å². The number of rotatable bonds is 0. The number of ketones is 1. The summed E-state index contributed by atoms with van der Waals surface area (Å²) in [6.45, 7) is 1.89. The summed E-state index contributed by atoms with van der Waals surface area (Å²) in [5.74, 6) is 0.0538. The number of carbonyl (C=O) groups excluding carboxylic acids is 1. The molecule has 0 bridgehead atoms. The lowest BCUT2D eigenvalue weighted by Crippen LogP contribution is -2.24. The standard InChI is InChI=1S/C11H11NO2/c1-7-5-11(14)12(2)10-6-8(13)3-4-9(7)10/h3-5H,6H2,1-2H3. The van der Waals surface area contributed by atoms with Crippen LogP contribution in [0.5, 0.6) is 0 Å². The molecule has 0 N–H and O–H groups in total. The van der Waals surface area contributed by atoms with Gasteiger partial charge in [-0.3, -0.25) is 9.59 Å². The van der Waals surface area contributed by atoms with Crippen molar-refractivity contribution in [2.24, 2.45) is 7.05 Å². The van der Waals surface area contributed by atoms with Gasteiger partial charge in [-0.15, -0.1) is 0 Å². The Bertz CT molecular complexity index is 495. The molecule has 0 fully saturated rings. The molecule has 0 saturated heterocycles. The molecular formula is C11H11NO2. The average molecular weight is 189 g/mol. The molecule has 1 aromatic heterocycles. The van der Waals surface area contributed by atoms with E-state index in [2.05, 4.69) is 0 Å². The van der Waals surface area contributed by atoms with Crippen molar-refractivity contribution in [2.45, 2.75) is 13.3 Å². The Labute approximate surface area is 81.7 Å². The number of hydrogen-bond acceptors (Lipinski definition) is 2. The maximum absolute atomic E-state index is 11.4. The van der Waals surface area contributed by atoms with Gasteiger partial charge < -0.3 is 4.57 Å². The molecule has 0 saturated carbocycles. The monoisotopic (exact) mass is 189 g/mol. The Hall–Kier alpha value is -1.64. The molecular weight excluding hydrogens is 178 g/mol. The van der Waals surface area contributed by atoms with Crippen LogP contribution in [0.15, 0.2) is 16.9 Å². The highest BCUT2D eigenvalue weighted by Gasteiger charge is 2.15. The van der Waals surface area contributed by atoms with Crippen LogP contribution >= 0.6 is 0 Å². The second-order valence-electron chi connectivity index (χ2n) is 3.56. The van der Waals surface area contributed by atoms with Gasteiger partial charge in [-0.1, -0.05) is 0 Å². The second-order valence-corrected chi connectivity index (χ2v) is 3.56. The lowest BCUT2D eigenvalue weighted by molar-refractivity contribution is -0.114. The highest BCUT2D eigenvalue weighted by Crippen LogP contribution is 2.18. The molecule has 1 aliphatic carbocycles. The molecule has 1 aromatic rings. The molecule has 3 nitrogen and oxygen atoms in total. The molecule has 72 valence electrons. The van der Waals surface area contributed by atoms with E-state index in [0.29, 0.717) is 6.42 Å². The third-order valence-electron chi connectivity index (χ3n) is 2.59. The minimum atomic E-state index is -0.0515. The summed E-state index contributed by atoms with van der Waals surface area (Å²) in [6, 6.07) is 1.60. The predicted octanol–water partition coefficient (Wildman–Crippen LogP) is 0.832. The fourth-order valence-corrected chi connectivity index (χ4v) is 1.74. The highest BCUT2D eigenvalue weighted by molar-refractivity contribution is 5.98. The van der Waals surface area contributed by atoms with Gasteiger partial charge in [-0.25, -0.2) is 0 Å². The predicted molar refractivity (Wildman–Crippen MR) is 54.2 cm³/mol. The maximum Gasteiger partial charge on any atom is 0.250 e. The second kappa shape index (κ2) is 2.94. The van der Waals surface area contributed by atoms with E-state index in [1.165, 1.54) is 0 Å². The zero-order chi connectivity index (χ0) is 10.3. The summed E-state index contributed by atoms with van der Waals surface area (Å²) in [7, 11) is 1.70. The van der Waals surface area contributed by atoms with Crippen LogP contribution in [0.2, 0.25) is 0 Å². The molecule has 0 radical (unpaired) electrons. The van der Waals surface area contributed by atoms with E-state index in [-0.39, 0.29) is 11.3 Å². The number of allylic oxidation sites excluding steroid dienone is 1. The summed E-state index contributed by atoms with van der Waals surface area (Å²) < 4.78 is 1.55. The van der Waals surface area contributed by atoms with Crippen LogP contribution in [-0.4, -0.2) is 10.4 Å². The van der Waals surface area contributed by atoms with Crippen molar-refractivity contribution in [1.29, 1.82) is 0 Å². The fraction of sp³-hybridized carbons (Fsp3) is 0.273. The van der Waals surface area contributed by atoms with Gasteiger partial charge in [-0.2, -0.15) is 0 Å². The van der Waals surface area contributed by atoms with Crippen molar-refractivity contribution in [3.8, 4) is 0 Å². The van der Waals surface area contributed by atoms with Gasteiger partial charge >= 0.3 is 0 Å². The lowest BCUT2D eigenvalue weighted by Gasteiger charge is -2.15. The number of fused-ring (bicyclic) bond motifs is 1. The Morgan fingerprint density at radius 2 is 2.00 bits per heavy atom. The van der Waals surface area contributed by atoms with Crippen LogP contribution in [0.4, 0.5) is 0 Å². The largest absolute Gasteiger partial charge is 0.315 e. The third kappa shape index (κ3) is 1.21. The van der Waals surface area contributed by atoms with E-state index >= 15 is 0 Å². The zero-order valence-electron chi connectivity index (χ0n) is 8.20. The maximum atomic E-state index is 11.4. The van der Waals surface area contributed by atoms with Crippen LogP contribution in [0.3, 0.4) is 0 Å².